The SMILES string of the molecule is Cl.NCc1cc(C(=O)N2CCC(C(=O)Nc3ccccc3)CC2)co1. The first-order valence-electron chi connectivity index (χ1n) is 8.10. The first kappa shape index (κ1) is 19.0. The number of carbonyl (C=O) groups is 2. The molecule has 1 aliphatic rings. The summed E-state index contributed by atoms with van der Waals surface area (Å²) in [5.74, 6) is 0.469. The van der Waals surface area contributed by atoms with Crippen LogP contribution >= 0.6 is 12.4 Å². The van der Waals surface area contributed by atoms with Gasteiger partial charge in [-0.3, -0.25) is 9.59 Å². The molecule has 1 aromatic carbocycles. The summed E-state index contributed by atoms with van der Waals surface area (Å²) in [6, 6.07) is 11.1. The van der Waals surface area contributed by atoms with Gasteiger partial charge in [0.25, 0.3) is 5.91 Å². The summed E-state index contributed by atoms with van der Waals surface area (Å²) in [5.41, 5.74) is 6.81. The standard InChI is InChI=1S/C18H21N3O3.ClH/c19-11-16-10-14(12-24-16)18(23)21-8-6-13(7-9-21)17(22)20-15-4-2-1-3-5-15;/h1-5,10,12-13H,6-9,11,19H2,(H,20,22);1H. The van der Waals surface area contributed by atoms with Gasteiger partial charge in [-0.1, -0.05) is 18.2 Å². The van der Waals surface area contributed by atoms with Crippen LogP contribution in [-0.2, 0) is 11.3 Å². The van der Waals surface area contributed by atoms with Crippen LogP contribution in [0.3, 0.4) is 0 Å². The number of halogens is 1. The van der Waals surface area contributed by atoms with Gasteiger partial charge in [-0.15, -0.1) is 12.4 Å². The number of rotatable bonds is 4. The second kappa shape index (κ2) is 8.69. The zero-order valence-electron chi connectivity index (χ0n) is 13.8. The zero-order valence-corrected chi connectivity index (χ0v) is 14.6. The second-order valence-corrected chi connectivity index (χ2v) is 5.93. The van der Waals surface area contributed by atoms with Gasteiger partial charge in [0.2, 0.25) is 5.91 Å². The summed E-state index contributed by atoms with van der Waals surface area (Å²) < 4.78 is 5.21. The highest BCUT2D eigenvalue weighted by molar-refractivity contribution is 5.95. The van der Waals surface area contributed by atoms with Crippen LogP contribution < -0.4 is 11.1 Å². The summed E-state index contributed by atoms with van der Waals surface area (Å²) in [6.07, 6.45) is 2.76. The van der Waals surface area contributed by atoms with Gasteiger partial charge >= 0.3 is 0 Å². The summed E-state index contributed by atoms with van der Waals surface area (Å²) in [7, 11) is 0. The van der Waals surface area contributed by atoms with E-state index in [9.17, 15) is 9.59 Å². The number of furan rings is 1. The van der Waals surface area contributed by atoms with Crippen molar-refractivity contribution in [2.45, 2.75) is 19.4 Å². The third kappa shape index (κ3) is 4.61. The average molecular weight is 364 g/mol. The van der Waals surface area contributed by atoms with E-state index in [0.717, 1.165) is 5.69 Å². The smallest absolute Gasteiger partial charge is 0.257 e. The first-order valence-corrected chi connectivity index (χ1v) is 8.10. The zero-order chi connectivity index (χ0) is 16.9. The third-order valence-corrected chi connectivity index (χ3v) is 4.30. The first-order chi connectivity index (χ1) is 11.7. The lowest BCUT2D eigenvalue weighted by Gasteiger charge is -2.31. The van der Waals surface area contributed by atoms with Gasteiger partial charge < -0.3 is 20.4 Å². The maximum atomic E-state index is 12.4. The molecule has 3 N–H and O–H groups in total. The Hall–Kier alpha value is -2.31. The Labute approximate surface area is 152 Å². The third-order valence-electron chi connectivity index (χ3n) is 4.30. The van der Waals surface area contributed by atoms with Crippen molar-refractivity contribution >= 4 is 29.9 Å². The molecule has 1 aromatic heterocycles. The fraction of sp³-hybridized carbons (Fsp3) is 0.333. The fourth-order valence-corrected chi connectivity index (χ4v) is 2.89. The van der Waals surface area contributed by atoms with Crippen LogP contribution in [0.25, 0.3) is 0 Å². The minimum absolute atomic E-state index is 0. The van der Waals surface area contributed by atoms with Gasteiger partial charge in [0.15, 0.2) is 0 Å². The number of benzene rings is 1. The maximum Gasteiger partial charge on any atom is 0.257 e. The molecule has 0 unspecified atom stereocenters. The van der Waals surface area contributed by atoms with Crippen molar-refractivity contribution in [3.8, 4) is 0 Å². The number of nitrogens with zero attached hydrogens (tertiary/aromatic N) is 1. The van der Waals surface area contributed by atoms with Gasteiger partial charge in [-0.05, 0) is 31.0 Å². The van der Waals surface area contributed by atoms with Crippen LogP contribution in [0.4, 0.5) is 5.69 Å². The molecule has 0 spiro atoms. The number of hydrogen-bond acceptors (Lipinski definition) is 4. The van der Waals surface area contributed by atoms with Crippen molar-refractivity contribution in [3.63, 3.8) is 0 Å². The molecule has 2 aromatic rings. The Morgan fingerprint density at radius 1 is 1.20 bits per heavy atom. The summed E-state index contributed by atoms with van der Waals surface area (Å²) in [4.78, 5) is 26.5. The number of para-hydroxylation sites is 1. The van der Waals surface area contributed by atoms with E-state index < -0.39 is 0 Å². The van der Waals surface area contributed by atoms with Crippen LogP contribution in [0.1, 0.15) is 29.0 Å². The van der Waals surface area contributed by atoms with Crippen molar-refractivity contribution in [1.29, 1.82) is 0 Å². The van der Waals surface area contributed by atoms with Crippen molar-refractivity contribution in [3.05, 3.63) is 54.0 Å². The van der Waals surface area contributed by atoms with Gasteiger partial charge in [-0.25, -0.2) is 0 Å². The Morgan fingerprint density at radius 3 is 2.48 bits per heavy atom. The van der Waals surface area contributed by atoms with E-state index in [2.05, 4.69) is 5.32 Å². The van der Waals surface area contributed by atoms with Crippen LogP contribution in [0.15, 0.2) is 47.1 Å². The highest BCUT2D eigenvalue weighted by atomic mass is 35.5. The number of hydrogen-bond donors (Lipinski definition) is 2. The Morgan fingerprint density at radius 2 is 1.88 bits per heavy atom. The van der Waals surface area contributed by atoms with E-state index >= 15 is 0 Å². The lowest BCUT2D eigenvalue weighted by Crippen LogP contribution is -2.41. The van der Waals surface area contributed by atoms with Gasteiger partial charge in [0.05, 0.1) is 12.1 Å². The molecule has 0 aliphatic carbocycles. The van der Waals surface area contributed by atoms with Gasteiger partial charge in [0, 0.05) is 24.7 Å². The molecule has 1 fully saturated rings. The molecule has 0 bridgehead atoms. The minimum Gasteiger partial charge on any atom is -0.467 e. The van der Waals surface area contributed by atoms with Crippen molar-refractivity contribution in [2.24, 2.45) is 11.7 Å². The predicted octanol–water partition coefficient (Wildman–Crippen LogP) is 2.65. The highest BCUT2D eigenvalue weighted by Gasteiger charge is 2.28. The van der Waals surface area contributed by atoms with E-state index in [0.29, 0.717) is 37.3 Å². The fourth-order valence-electron chi connectivity index (χ4n) is 2.89. The van der Waals surface area contributed by atoms with Gasteiger partial charge in [0.1, 0.15) is 12.0 Å². The number of amides is 2. The Kier molecular flexibility index (Phi) is 6.61. The topological polar surface area (TPSA) is 88.6 Å². The van der Waals surface area contributed by atoms with Crippen molar-refractivity contribution in [1.82, 2.24) is 4.90 Å². The average Bonchev–Trinajstić information content (AvgIpc) is 3.11. The monoisotopic (exact) mass is 363 g/mol. The Balaban J connectivity index is 0.00000225. The maximum absolute atomic E-state index is 12.4. The molecule has 2 amide bonds. The lowest BCUT2D eigenvalue weighted by atomic mass is 9.95. The van der Waals surface area contributed by atoms with E-state index in [1.165, 1.54) is 6.26 Å². The van der Waals surface area contributed by atoms with Crippen molar-refractivity contribution < 1.29 is 14.0 Å². The van der Waals surface area contributed by atoms with Crippen LogP contribution in [-0.4, -0.2) is 29.8 Å². The molecule has 3 rings (SSSR count). The summed E-state index contributed by atoms with van der Waals surface area (Å²) in [5, 5.41) is 2.93. The van der Waals surface area contributed by atoms with Gasteiger partial charge in [-0.2, -0.15) is 0 Å². The molecule has 0 radical (unpaired) electrons. The predicted molar refractivity (Wildman–Crippen MR) is 97.5 cm³/mol. The molecule has 134 valence electrons. The van der Waals surface area contributed by atoms with E-state index in [-0.39, 0.29) is 36.7 Å². The molecule has 0 saturated carbocycles. The number of piperidine rings is 1. The van der Waals surface area contributed by atoms with Crippen LogP contribution in [0.2, 0.25) is 0 Å². The van der Waals surface area contributed by atoms with E-state index in [1.807, 2.05) is 30.3 Å². The summed E-state index contributed by atoms with van der Waals surface area (Å²) in [6.45, 7) is 1.40. The quantitative estimate of drug-likeness (QED) is 0.874. The van der Waals surface area contributed by atoms with E-state index in [4.69, 9.17) is 10.2 Å². The number of carbonyl (C=O) groups excluding carboxylic acids is 2. The van der Waals surface area contributed by atoms with Crippen LogP contribution in [0, 0.1) is 5.92 Å². The minimum atomic E-state index is -0.0711. The molecular formula is C18H22ClN3O3. The molecule has 0 atom stereocenters. The highest BCUT2D eigenvalue weighted by Crippen LogP contribution is 2.21. The van der Waals surface area contributed by atoms with E-state index in [1.54, 1.807) is 11.0 Å². The van der Waals surface area contributed by atoms with Crippen LogP contribution in [0.5, 0.6) is 0 Å². The molecular weight excluding hydrogens is 342 g/mol. The number of nitrogens with one attached hydrogen (secondary N) is 1. The molecule has 2 heterocycles. The summed E-state index contributed by atoms with van der Waals surface area (Å²) >= 11 is 0. The number of likely N-dealkylation sites (tertiary alicyclic amines) is 1. The molecule has 1 aliphatic heterocycles. The van der Waals surface area contributed by atoms with Crippen molar-refractivity contribution in [2.75, 3.05) is 18.4 Å². The number of nitrogens with two attached hydrogens (primary N) is 1. The Bertz CT molecular complexity index is 709. The second-order valence-electron chi connectivity index (χ2n) is 5.93. The molecule has 7 heteroatoms. The molecule has 1 saturated heterocycles. The normalized spacial score (nSPS) is 14.7. The molecule has 25 heavy (non-hydrogen) atoms. The number of anilines is 1. The molecule has 6 nitrogen and oxygen atoms in total. The largest absolute Gasteiger partial charge is 0.467 e. The lowest BCUT2D eigenvalue weighted by molar-refractivity contribution is -0.121.